The fraction of sp³-hybridized carbons (Fsp3) is 0.846. The lowest BCUT2D eigenvalue weighted by atomic mass is 10.1. The molecule has 4 nitrogen and oxygen atoms in total. The molecular weight excluding hydrogens is 248 g/mol. The molecule has 1 saturated heterocycles. The summed E-state index contributed by atoms with van der Waals surface area (Å²) in [6.45, 7) is 1.51. The molecule has 1 fully saturated rings. The van der Waals surface area contributed by atoms with Gasteiger partial charge in [-0.25, -0.2) is 13.1 Å². The van der Waals surface area contributed by atoms with Crippen molar-refractivity contribution in [1.82, 2.24) is 10.0 Å². The Balaban J connectivity index is 1.69. The predicted molar refractivity (Wildman–Crippen MR) is 74.0 cm³/mol. The van der Waals surface area contributed by atoms with Crippen molar-refractivity contribution in [3.63, 3.8) is 0 Å². The van der Waals surface area contributed by atoms with Crippen LogP contribution in [-0.2, 0) is 10.0 Å². The molecule has 0 spiro atoms. The van der Waals surface area contributed by atoms with Crippen LogP contribution in [0.5, 0.6) is 0 Å². The first kappa shape index (κ1) is 14.0. The molecule has 5 heteroatoms. The number of hydrogen-bond donors (Lipinski definition) is 2. The summed E-state index contributed by atoms with van der Waals surface area (Å²) in [7, 11) is -3.11. The van der Waals surface area contributed by atoms with Crippen LogP contribution in [0.3, 0.4) is 0 Å². The monoisotopic (exact) mass is 272 g/mol. The third-order valence-corrected chi connectivity index (χ3v) is 5.22. The highest BCUT2D eigenvalue weighted by molar-refractivity contribution is 7.89. The molecule has 1 aliphatic carbocycles. The van der Waals surface area contributed by atoms with Crippen molar-refractivity contribution in [3.05, 3.63) is 11.6 Å². The molecular formula is C13H24N2O2S. The highest BCUT2D eigenvalue weighted by atomic mass is 32.2. The highest BCUT2D eigenvalue weighted by Gasteiger charge is 2.20. The van der Waals surface area contributed by atoms with E-state index in [1.54, 1.807) is 0 Å². The smallest absolute Gasteiger partial charge is 0.213 e. The van der Waals surface area contributed by atoms with Gasteiger partial charge in [0.1, 0.15) is 0 Å². The molecule has 0 radical (unpaired) electrons. The van der Waals surface area contributed by atoms with Crippen LogP contribution in [0.25, 0.3) is 0 Å². The van der Waals surface area contributed by atoms with E-state index in [2.05, 4.69) is 16.1 Å². The van der Waals surface area contributed by atoms with Crippen molar-refractivity contribution in [2.24, 2.45) is 0 Å². The van der Waals surface area contributed by atoms with Crippen LogP contribution in [0, 0.1) is 0 Å². The highest BCUT2D eigenvalue weighted by Crippen LogP contribution is 2.19. The van der Waals surface area contributed by atoms with Gasteiger partial charge < -0.3 is 5.32 Å². The van der Waals surface area contributed by atoms with Gasteiger partial charge >= 0.3 is 0 Å². The van der Waals surface area contributed by atoms with Crippen LogP contribution >= 0.6 is 0 Å². The Hall–Kier alpha value is -0.390. The minimum absolute atomic E-state index is 0.141. The first-order valence-electron chi connectivity index (χ1n) is 7.04. The second-order valence-corrected chi connectivity index (χ2v) is 7.18. The predicted octanol–water partition coefficient (Wildman–Crippen LogP) is 1.55. The fourth-order valence-corrected chi connectivity index (χ4v) is 4.07. The van der Waals surface area contributed by atoms with Crippen molar-refractivity contribution in [1.29, 1.82) is 0 Å². The number of allylic oxidation sites excluding steroid dienone is 1. The maximum atomic E-state index is 11.9. The van der Waals surface area contributed by atoms with Gasteiger partial charge in [-0.1, -0.05) is 18.1 Å². The molecule has 1 unspecified atom stereocenters. The number of nitrogens with one attached hydrogen (secondary N) is 2. The molecule has 104 valence electrons. The van der Waals surface area contributed by atoms with E-state index in [1.165, 1.54) is 12.0 Å². The summed E-state index contributed by atoms with van der Waals surface area (Å²) >= 11 is 0. The summed E-state index contributed by atoms with van der Waals surface area (Å²) in [4.78, 5) is 0. The molecule has 0 amide bonds. The van der Waals surface area contributed by atoms with E-state index in [0.717, 1.165) is 45.1 Å². The number of hydrogen-bond acceptors (Lipinski definition) is 3. The zero-order valence-corrected chi connectivity index (χ0v) is 11.8. The van der Waals surface area contributed by atoms with Gasteiger partial charge in [-0.2, -0.15) is 0 Å². The average molecular weight is 272 g/mol. The molecule has 0 aromatic heterocycles. The number of piperidine rings is 1. The maximum Gasteiger partial charge on any atom is 0.213 e. The lowest BCUT2D eigenvalue weighted by Crippen LogP contribution is -2.42. The Bertz CT molecular complexity index is 384. The van der Waals surface area contributed by atoms with Crippen LogP contribution in [0.1, 0.15) is 44.9 Å². The van der Waals surface area contributed by atoms with Crippen LogP contribution in [0.2, 0.25) is 0 Å². The Morgan fingerprint density at radius 1 is 1.33 bits per heavy atom. The molecule has 0 aromatic rings. The molecule has 2 aliphatic rings. The molecule has 0 aromatic carbocycles. The van der Waals surface area contributed by atoms with E-state index in [1.807, 2.05) is 0 Å². The summed E-state index contributed by atoms with van der Waals surface area (Å²) < 4.78 is 26.5. The minimum Gasteiger partial charge on any atom is -0.313 e. The van der Waals surface area contributed by atoms with Gasteiger partial charge in [0.2, 0.25) is 10.0 Å². The zero-order valence-electron chi connectivity index (χ0n) is 11.0. The molecule has 2 rings (SSSR count). The van der Waals surface area contributed by atoms with Crippen molar-refractivity contribution >= 4 is 10.0 Å². The van der Waals surface area contributed by atoms with E-state index in [4.69, 9.17) is 0 Å². The van der Waals surface area contributed by atoms with Gasteiger partial charge in [-0.05, 0) is 45.1 Å². The SMILES string of the molecule is O=S(=O)(CC1CCCCN1)NCCC1=CCCC1. The Morgan fingerprint density at radius 3 is 2.89 bits per heavy atom. The number of rotatable bonds is 6. The molecule has 1 atom stereocenters. The largest absolute Gasteiger partial charge is 0.313 e. The molecule has 2 N–H and O–H groups in total. The summed E-state index contributed by atoms with van der Waals surface area (Å²) in [6.07, 6.45) is 9.94. The molecule has 1 aliphatic heterocycles. The molecule has 1 heterocycles. The fourth-order valence-electron chi connectivity index (χ4n) is 2.72. The average Bonchev–Trinajstić information content (AvgIpc) is 2.82. The van der Waals surface area contributed by atoms with E-state index < -0.39 is 10.0 Å². The summed E-state index contributed by atoms with van der Waals surface area (Å²) in [5.74, 6) is 0.228. The van der Waals surface area contributed by atoms with Gasteiger partial charge in [0.05, 0.1) is 5.75 Å². The van der Waals surface area contributed by atoms with Crippen LogP contribution < -0.4 is 10.0 Å². The first-order valence-corrected chi connectivity index (χ1v) is 8.69. The zero-order chi connectivity index (χ0) is 12.8. The van der Waals surface area contributed by atoms with E-state index in [9.17, 15) is 8.42 Å². The van der Waals surface area contributed by atoms with Gasteiger partial charge in [0, 0.05) is 12.6 Å². The minimum atomic E-state index is -3.11. The Morgan fingerprint density at radius 2 is 2.22 bits per heavy atom. The second-order valence-electron chi connectivity index (χ2n) is 5.33. The van der Waals surface area contributed by atoms with E-state index >= 15 is 0 Å². The van der Waals surface area contributed by atoms with E-state index in [-0.39, 0.29) is 11.8 Å². The molecule has 0 saturated carbocycles. The maximum absolute atomic E-state index is 11.9. The van der Waals surface area contributed by atoms with Gasteiger partial charge in [-0.3, -0.25) is 0 Å². The summed E-state index contributed by atoms with van der Waals surface area (Å²) in [6, 6.07) is 0.141. The lowest BCUT2D eigenvalue weighted by molar-refractivity contribution is 0.422. The first-order chi connectivity index (χ1) is 8.66. The summed E-state index contributed by atoms with van der Waals surface area (Å²) in [5, 5.41) is 3.28. The third kappa shape index (κ3) is 4.71. The normalized spacial score (nSPS) is 25.1. The van der Waals surface area contributed by atoms with Crippen molar-refractivity contribution < 1.29 is 8.42 Å². The molecule has 18 heavy (non-hydrogen) atoms. The standard InChI is InChI=1S/C13H24N2O2S/c16-18(17,11-13-7-3-4-9-14-13)15-10-8-12-5-1-2-6-12/h5,13-15H,1-4,6-11H2. The van der Waals surface area contributed by atoms with Gasteiger partial charge in [-0.15, -0.1) is 0 Å². The Labute approximate surface area is 110 Å². The van der Waals surface area contributed by atoms with Crippen molar-refractivity contribution in [2.45, 2.75) is 51.0 Å². The Kier molecular flexibility index (Phi) is 5.21. The van der Waals surface area contributed by atoms with Crippen molar-refractivity contribution in [2.75, 3.05) is 18.8 Å². The van der Waals surface area contributed by atoms with Gasteiger partial charge in [0.15, 0.2) is 0 Å². The third-order valence-electron chi connectivity index (χ3n) is 3.74. The number of sulfonamides is 1. The molecule has 0 bridgehead atoms. The summed E-state index contributed by atoms with van der Waals surface area (Å²) in [5.41, 5.74) is 1.41. The quantitative estimate of drug-likeness (QED) is 0.721. The topological polar surface area (TPSA) is 58.2 Å². The van der Waals surface area contributed by atoms with Crippen LogP contribution in [0.15, 0.2) is 11.6 Å². The lowest BCUT2D eigenvalue weighted by Gasteiger charge is -2.23. The van der Waals surface area contributed by atoms with Crippen LogP contribution in [-0.4, -0.2) is 33.3 Å². The van der Waals surface area contributed by atoms with E-state index in [0.29, 0.717) is 6.54 Å². The van der Waals surface area contributed by atoms with Gasteiger partial charge in [0.25, 0.3) is 0 Å². The second kappa shape index (κ2) is 6.68. The van der Waals surface area contributed by atoms with Crippen molar-refractivity contribution in [3.8, 4) is 0 Å². The van der Waals surface area contributed by atoms with Crippen LogP contribution in [0.4, 0.5) is 0 Å².